The van der Waals surface area contributed by atoms with Crippen LogP contribution in [-0.4, -0.2) is 36.4 Å². The highest BCUT2D eigenvalue weighted by Gasteiger charge is 2.21. The Kier molecular flexibility index (Phi) is 6.47. The molecule has 1 saturated heterocycles. The molecule has 1 aliphatic heterocycles. The van der Waals surface area contributed by atoms with E-state index in [0.717, 1.165) is 49.5 Å². The van der Waals surface area contributed by atoms with Crippen LogP contribution in [0, 0.1) is 6.92 Å². The summed E-state index contributed by atoms with van der Waals surface area (Å²) >= 11 is 5.71. The minimum atomic E-state index is 0.235. The summed E-state index contributed by atoms with van der Waals surface area (Å²) < 4.78 is 11.2. The van der Waals surface area contributed by atoms with Gasteiger partial charge in [0.05, 0.1) is 13.2 Å². The molecule has 1 atom stereocenters. The molecule has 0 spiro atoms. The van der Waals surface area contributed by atoms with Gasteiger partial charge in [0.1, 0.15) is 5.75 Å². The van der Waals surface area contributed by atoms with Gasteiger partial charge in [-0.25, -0.2) is 0 Å². The largest absolute Gasteiger partial charge is 0.497 e. The van der Waals surface area contributed by atoms with Gasteiger partial charge in [-0.3, -0.25) is 0 Å². The third-order valence-corrected chi connectivity index (χ3v) is 4.91. The molecule has 0 saturated carbocycles. The minimum absolute atomic E-state index is 0.235. The topological polar surface area (TPSA) is 33.7 Å². The van der Waals surface area contributed by atoms with Gasteiger partial charge in [0, 0.05) is 25.4 Å². The van der Waals surface area contributed by atoms with Gasteiger partial charge in [-0.2, -0.15) is 0 Å². The maximum Gasteiger partial charge on any atom is 0.173 e. The summed E-state index contributed by atoms with van der Waals surface area (Å²) in [6, 6.07) is 16.4. The van der Waals surface area contributed by atoms with Crippen LogP contribution in [0.3, 0.4) is 0 Å². The van der Waals surface area contributed by atoms with Gasteiger partial charge in [-0.05, 0) is 61.8 Å². The first-order valence-corrected chi connectivity index (χ1v) is 9.42. The summed E-state index contributed by atoms with van der Waals surface area (Å²) in [6.45, 7) is 4.42. The Hall–Kier alpha value is -2.11. The number of thiocarbonyl (C=S) groups is 1. The average molecular weight is 371 g/mol. The van der Waals surface area contributed by atoms with E-state index in [4.69, 9.17) is 21.7 Å². The van der Waals surface area contributed by atoms with Crippen molar-refractivity contribution in [2.45, 2.75) is 32.4 Å². The van der Waals surface area contributed by atoms with Crippen LogP contribution < -0.4 is 10.1 Å². The van der Waals surface area contributed by atoms with Crippen molar-refractivity contribution in [2.24, 2.45) is 0 Å². The second-order valence-corrected chi connectivity index (χ2v) is 7.05. The molecule has 4 nitrogen and oxygen atoms in total. The summed E-state index contributed by atoms with van der Waals surface area (Å²) in [4.78, 5) is 2.18. The second-order valence-electron chi connectivity index (χ2n) is 6.66. The number of hydrogen-bond acceptors (Lipinski definition) is 3. The lowest BCUT2D eigenvalue weighted by atomic mass is 10.2. The molecule has 0 aromatic heterocycles. The van der Waals surface area contributed by atoms with Gasteiger partial charge in [0.2, 0.25) is 0 Å². The molecule has 1 heterocycles. The van der Waals surface area contributed by atoms with Gasteiger partial charge >= 0.3 is 0 Å². The van der Waals surface area contributed by atoms with Crippen LogP contribution >= 0.6 is 12.2 Å². The molecule has 2 aromatic rings. The van der Waals surface area contributed by atoms with Gasteiger partial charge in [0.25, 0.3) is 0 Å². The SMILES string of the molecule is COc1cccc(CN(CC2CCCO2)C(=S)Nc2ccc(C)cc2)c1. The lowest BCUT2D eigenvalue weighted by Gasteiger charge is -2.28. The van der Waals surface area contributed by atoms with Crippen molar-refractivity contribution < 1.29 is 9.47 Å². The van der Waals surface area contributed by atoms with Crippen molar-refractivity contribution in [2.75, 3.05) is 25.6 Å². The van der Waals surface area contributed by atoms with E-state index in [1.165, 1.54) is 5.56 Å². The molecule has 1 fully saturated rings. The van der Waals surface area contributed by atoms with Crippen LogP contribution in [0.15, 0.2) is 48.5 Å². The van der Waals surface area contributed by atoms with Crippen molar-refractivity contribution in [3.8, 4) is 5.75 Å². The molecule has 1 aliphatic rings. The highest BCUT2D eigenvalue weighted by atomic mass is 32.1. The lowest BCUT2D eigenvalue weighted by Crippen LogP contribution is -2.39. The summed E-state index contributed by atoms with van der Waals surface area (Å²) in [7, 11) is 1.69. The molecule has 1 unspecified atom stereocenters. The molecule has 0 bridgehead atoms. The number of anilines is 1. The molecular formula is C21H26N2O2S. The first-order chi connectivity index (χ1) is 12.6. The number of aryl methyl sites for hydroxylation is 1. The van der Waals surface area contributed by atoms with Crippen LogP contribution in [0.4, 0.5) is 5.69 Å². The fourth-order valence-corrected chi connectivity index (χ4v) is 3.34. The number of benzene rings is 2. The standard InChI is InChI=1S/C21H26N2O2S/c1-16-8-10-18(11-9-16)22-21(26)23(15-20-7-4-12-25-20)14-17-5-3-6-19(13-17)24-2/h3,5-6,8-11,13,20H,4,7,12,14-15H2,1-2H3,(H,22,26). The Morgan fingerprint density at radius 2 is 2.08 bits per heavy atom. The van der Waals surface area contributed by atoms with Crippen LogP contribution in [0.5, 0.6) is 5.75 Å². The summed E-state index contributed by atoms with van der Waals surface area (Å²) in [5, 5.41) is 4.08. The van der Waals surface area contributed by atoms with E-state index in [2.05, 4.69) is 53.5 Å². The fourth-order valence-electron chi connectivity index (χ4n) is 3.08. The molecule has 26 heavy (non-hydrogen) atoms. The highest BCUT2D eigenvalue weighted by Crippen LogP contribution is 2.19. The number of ether oxygens (including phenoxy) is 2. The van der Waals surface area contributed by atoms with E-state index in [-0.39, 0.29) is 6.10 Å². The zero-order valence-electron chi connectivity index (χ0n) is 15.4. The van der Waals surface area contributed by atoms with Crippen molar-refractivity contribution in [3.63, 3.8) is 0 Å². The van der Waals surface area contributed by atoms with Crippen LogP contribution in [0.2, 0.25) is 0 Å². The average Bonchev–Trinajstić information content (AvgIpc) is 3.16. The first-order valence-electron chi connectivity index (χ1n) is 9.01. The monoisotopic (exact) mass is 370 g/mol. The van der Waals surface area contributed by atoms with Gasteiger partial charge in [-0.15, -0.1) is 0 Å². The van der Waals surface area contributed by atoms with E-state index in [1.807, 2.05) is 12.1 Å². The number of nitrogens with zero attached hydrogens (tertiary/aromatic N) is 1. The third kappa shape index (κ3) is 5.19. The minimum Gasteiger partial charge on any atom is -0.497 e. The Bertz CT molecular complexity index is 727. The number of hydrogen-bond donors (Lipinski definition) is 1. The van der Waals surface area contributed by atoms with Crippen molar-refractivity contribution in [3.05, 3.63) is 59.7 Å². The molecule has 138 valence electrons. The quantitative estimate of drug-likeness (QED) is 0.763. The zero-order valence-corrected chi connectivity index (χ0v) is 16.2. The van der Waals surface area contributed by atoms with Crippen LogP contribution in [-0.2, 0) is 11.3 Å². The van der Waals surface area contributed by atoms with Gasteiger partial charge < -0.3 is 19.7 Å². The lowest BCUT2D eigenvalue weighted by molar-refractivity contribution is 0.0905. The Labute approximate surface area is 161 Å². The van der Waals surface area contributed by atoms with E-state index in [9.17, 15) is 0 Å². The Balaban J connectivity index is 1.72. The Morgan fingerprint density at radius 3 is 2.77 bits per heavy atom. The smallest absolute Gasteiger partial charge is 0.173 e. The van der Waals surface area contributed by atoms with Crippen LogP contribution in [0.1, 0.15) is 24.0 Å². The molecule has 3 rings (SSSR count). The van der Waals surface area contributed by atoms with Gasteiger partial charge in [0.15, 0.2) is 5.11 Å². The molecule has 0 radical (unpaired) electrons. The summed E-state index contributed by atoms with van der Waals surface area (Å²) in [6.07, 6.45) is 2.44. The number of methoxy groups -OCH3 is 1. The van der Waals surface area contributed by atoms with E-state index in [0.29, 0.717) is 5.11 Å². The summed E-state index contributed by atoms with van der Waals surface area (Å²) in [5.41, 5.74) is 3.40. The maximum atomic E-state index is 5.83. The first kappa shape index (κ1) is 18.7. The highest BCUT2D eigenvalue weighted by molar-refractivity contribution is 7.80. The Morgan fingerprint density at radius 1 is 1.27 bits per heavy atom. The second kappa shape index (κ2) is 9.01. The number of nitrogens with one attached hydrogen (secondary N) is 1. The predicted molar refractivity (Wildman–Crippen MR) is 110 cm³/mol. The van der Waals surface area contributed by atoms with Crippen molar-refractivity contribution in [1.29, 1.82) is 0 Å². The fraction of sp³-hybridized carbons (Fsp3) is 0.381. The van der Waals surface area contributed by atoms with Crippen molar-refractivity contribution >= 4 is 23.0 Å². The molecule has 0 amide bonds. The summed E-state index contributed by atoms with van der Waals surface area (Å²) in [5.74, 6) is 0.858. The van der Waals surface area contributed by atoms with E-state index < -0.39 is 0 Å². The molecule has 2 aromatic carbocycles. The van der Waals surface area contributed by atoms with Crippen molar-refractivity contribution in [1.82, 2.24) is 4.90 Å². The van der Waals surface area contributed by atoms with E-state index in [1.54, 1.807) is 7.11 Å². The zero-order chi connectivity index (χ0) is 18.4. The molecule has 1 N–H and O–H groups in total. The van der Waals surface area contributed by atoms with Gasteiger partial charge in [-0.1, -0.05) is 29.8 Å². The molecule has 0 aliphatic carbocycles. The maximum absolute atomic E-state index is 5.83. The normalized spacial score (nSPS) is 16.3. The predicted octanol–water partition coefficient (Wildman–Crippen LogP) is 4.38. The number of rotatable bonds is 6. The van der Waals surface area contributed by atoms with Crippen LogP contribution in [0.25, 0.3) is 0 Å². The molecular weight excluding hydrogens is 344 g/mol. The van der Waals surface area contributed by atoms with E-state index >= 15 is 0 Å². The molecule has 5 heteroatoms. The third-order valence-electron chi connectivity index (χ3n) is 4.55.